The first-order valence-electron chi connectivity index (χ1n) is 4.19. The van der Waals surface area contributed by atoms with Crippen LogP contribution in [-0.2, 0) is 0 Å². The van der Waals surface area contributed by atoms with Crippen molar-refractivity contribution in [2.45, 2.75) is 0 Å². The van der Waals surface area contributed by atoms with Crippen LogP contribution in [0.25, 0.3) is 0 Å². The first-order valence-corrected chi connectivity index (χ1v) is 5.83. The Morgan fingerprint density at radius 1 is 1.38 bits per heavy atom. The fraction of sp³-hybridized carbons (Fsp3) is 0. The summed E-state index contributed by atoms with van der Waals surface area (Å²) in [4.78, 5) is 19.4. The summed E-state index contributed by atoms with van der Waals surface area (Å²) in [5, 5.41) is 5.19. The van der Waals surface area contributed by atoms with Gasteiger partial charge >= 0.3 is 0 Å². The molecule has 0 aliphatic carbocycles. The number of nitrogens with one attached hydrogen (secondary N) is 1. The van der Waals surface area contributed by atoms with E-state index in [1.54, 1.807) is 11.6 Å². The molecule has 0 atom stereocenters. The highest BCUT2D eigenvalue weighted by molar-refractivity contribution is 7.13. The third kappa shape index (κ3) is 2.49. The molecule has 0 saturated heterocycles. The number of pyridine rings is 1. The predicted octanol–water partition coefficient (Wildman–Crippen LogP) is 3.10. The topological polar surface area (TPSA) is 54.9 Å². The van der Waals surface area contributed by atoms with E-state index in [1.165, 1.54) is 23.5 Å². The molecular weight excluding hydrogens is 269 g/mol. The van der Waals surface area contributed by atoms with E-state index in [-0.39, 0.29) is 21.8 Å². The first-order chi connectivity index (χ1) is 7.66. The van der Waals surface area contributed by atoms with E-state index in [0.29, 0.717) is 5.13 Å². The summed E-state index contributed by atoms with van der Waals surface area (Å²) < 4.78 is 0. The quantitative estimate of drug-likeness (QED) is 0.856. The number of nitrogens with zero attached hydrogens (tertiary/aromatic N) is 2. The van der Waals surface area contributed by atoms with Gasteiger partial charge in [-0.05, 0) is 12.1 Å². The molecule has 82 valence electrons. The average Bonchev–Trinajstić information content (AvgIpc) is 2.70. The summed E-state index contributed by atoms with van der Waals surface area (Å²) in [6.07, 6.45) is 1.60. The van der Waals surface area contributed by atoms with Crippen LogP contribution in [0.15, 0.2) is 23.7 Å². The summed E-state index contributed by atoms with van der Waals surface area (Å²) in [7, 11) is 0. The molecule has 0 aliphatic rings. The fourth-order valence-corrected chi connectivity index (χ4v) is 1.99. The molecule has 1 amide bonds. The highest BCUT2D eigenvalue weighted by Gasteiger charge is 2.12. The number of aromatic nitrogens is 2. The molecule has 2 aromatic rings. The molecule has 0 fully saturated rings. The highest BCUT2D eigenvalue weighted by Crippen LogP contribution is 2.19. The molecule has 0 saturated carbocycles. The Morgan fingerprint density at radius 2 is 2.19 bits per heavy atom. The lowest BCUT2D eigenvalue weighted by molar-refractivity contribution is 0.102. The van der Waals surface area contributed by atoms with Gasteiger partial charge in [0.2, 0.25) is 0 Å². The van der Waals surface area contributed by atoms with E-state index in [1.807, 2.05) is 0 Å². The minimum absolute atomic E-state index is 0.0709. The second kappa shape index (κ2) is 4.78. The van der Waals surface area contributed by atoms with Gasteiger partial charge in [-0.2, -0.15) is 0 Å². The molecule has 0 aliphatic heterocycles. The number of hydrogen-bond donors (Lipinski definition) is 1. The molecule has 0 unspecified atom stereocenters. The van der Waals surface area contributed by atoms with Gasteiger partial charge < -0.3 is 0 Å². The molecule has 2 heterocycles. The van der Waals surface area contributed by atoms with Crippen molar-refractivity contribution in [1.82, 2.24) is 9.97 Å². The van der Waals surface area contributed by atoms with Crippen LogP contribution in [0.2, 0.25) is 10.3 Å². The second-order valence-electron chi connectivity index (χ2n) is 2.76. The molecule has 0 spiro atoms. The Labute approximate surface area is 105 Å². The third-order valence-electron chi connectivity index (χ3n) is 1.71. The van der Waals surface area contributed by atoms with Crippen LogP contribution < -0.4 is 5.32 Å². The average molecular weight is 274 g/mol. The van der Waals surface area contributed by atoms with E-state index in [2.05, 4.69) is 15.3 Å². The van der Waals surface area contributed by atoms with Gasteiger partial charge in [0, 0.05) is 11.6 Å². The fourth-order valence-electron chi connectivity index (χ4n) is 1.03. The molecule has 7 heteroatoms. The normalized spacial score (nSPS) is 10.1. The van der Waals surface area contributed by atoms with Crippen molar-refractivity contribution in [2.75, 3.05) is 5.32 Å². The summed E-state index contributed by atoms with van der Waals surface area (Å²) in [5.74, 6) is -0.357. The lowest BCUT2D eigenvalue weighted by atomic mass is 10.3. The zero-order chi connectivity index (χ0) is 11.5. The van der Waals surface area contributed by atoms with Crippen LogP contribution in [0.1, 0.15) is 10.4 Å². The number of halogens is 2. The van der Waals surface area contributed by atoms with E-state index < -0.39 is 0 Å². The molecule has 0 aromatic carbocycles. The molecule has 16 heavy (non-hydrogen) atoms. The summed E-state index contributed by atoms with van der Waals surface area (Å²) in [6, 6.07) is 3.02. The van der Waals surface area contributed by atoms with Gasteiger partial charge in [-0.3, -0.25) is 10.1 Å². The number of hydrogen-bond acceptors (Lipinski definition) is 4. The van der Waals surface area contributed by atoms with Crippen molar-refractivity contribution < 1.29 is 4.79 Å². The van der Waals surface area contributed by atoms with Crippen LogP contribution >= 0.6 is 34.5 Å². The maximum Gasteiger partial charge on any atom is 0.260 e. The Bertz CT molecular complexity index is 515. The largest absolute Gasteiger partial charge is 0.298 e. The van der Waals surface area contributed by atoms with Gasteiger partial charge in [0.25, 0.3) is 5.91 Å². The number of rotatable bonds is 2. The van der Waals surface area contributed by atoms with Gasteiger partial charge in [0.1, 0.15) is 10.3 Å². The monoisotopic (exact) mass is 273 g/mol. The van der Waals surface area contributed by atoms with Crippen LogP contribution in [0.4, 0.5) is 5.13 Å². The Hall–Kier alpha value is -1.17. The maximum absolute atomic E-state index is 11.7. The van der Waals surface area contributed by atoms with Gasteiger partial charge in [0.05, 0.1) is 5.56 Å². The summed E-state index contributed by atoms with van der Waals surface area (Å²) in [5.41, 5.74) is 0.265. The second-order valence-corrected chi connectivity index (χ2v) is 4.40. The van der Waals surface area contributed by atoms with Crippen molar-refractivity contribution in [2.24, 2.45) is 0 Å². The smallest absolute Gasteiger partial charge is 0.260 e. The number of carbonyl (C=O) groups excluding carboxylic acids is 1. The number of thiazole rings is 1. The van der Waals surface area contributed by atoms with E-state index in [0.717, 1.165) is 0 Å². The number of amides is 1. The minimum atomic E-state index is -0.357. The van der Waals surface area contributed by atoms with Crippen LogP contribution in [0.5, 0.6) is 0 Å². The van der Waals surface area contributed by atoms with E-state index >= 15 is 0 Å². The van der Waals surface area contributed by atoms with E-state index in [9.17, 15) is 4.79 Å². The molecular formula is C9H5Cl2N3OS. The Balaban J connectivity index is 2.21. The SMILES string of the molecule is O=C(Nc1nccs1)c1ccc(Cl)nc1Cl. The molecule has 2 aromatic heterocycles. The lowest BCUT2D eigenvalue weighted by Gasteiger charge is -2.03. The predicted molar refractivity (Wildman–Crippen MR) is 64.3 cm³/mol. The lowest BCUT2D eigenvalue weighted by Crippen LogP contribution is -2.12. The van der Waals surface area contributed by atoms with Crippen molar-refractivity contribution in [1.29, 1.82) is 0 Å². The number of anilines is 1. The third-order valence-corrected chi connectivity index (χ3v) is 2.90. The molecule has 0 bridgehead atoms. The summed E-state index contributed by atoms with van der Waals surface area (Å²) >= 11 is 12.7. The molecule has 4 nitrogen and oxygen atoms in total. The zero-order valence-corrected chi connectivity index (χ0v) is 10.1. The molecule has 1 N–H and O–H groups in total. The first kappa shape index (κ1) is 11.3. The molecule has 2 rings (SSSR count). The van der Waals surface area contributed by atoms with Crippen molar-refractivity contribution in [3.05, 3.63) is 39.6 Å². The van der Waals surface area contributed by atoms with Crippen LogP contribution in [0, 0.1) is 0 Å². The van der Waals surface area contributed by atoms with Crippen molar-refractivity contribution >= 4 is 45.6 Å². The minimum Gasteiger partial charge on any atom is -0.298 e. The van der Waals surface area contributed by atoms with Gasteiger partial charge in [-0.15, -0.1) is 11.3 Å². The van der Waals surface area contributed by atoms with Gasteiger partial charge in [0.15, 0.2) is 5.13 Å². The maximum atomic E-state index is 11.7. The van der Waals surface area contributed by atoms with Crippen molar-refractivity contribution in [3.8, 4) is 0 Å². The molecule has 0 radical (unpaired) electrons. The van der Waals surface area contributed by atoms with Crippen molar-refractivity contribution in [3.63, 3.8) is 0 Å². The van der Waals surface area contributed by atoms with Gasteiger partial charge in [-0.1, -0.05) is 23.2 Å². The van der Waals surface area contributed by atoms with Gasteiger partial charge in [-0.25, -0.2) is 9.97 Å². The Kier molecular flexibility index (Phi) is 3.38. The number of carbonyl (C=O) groups is 1. The van der Waals surface area contributed by atoms with Crippen LogP contribution in [0.3, 0.4) is 0 Å². The van der Waals surface area contributed by atoms with Crippen LogP contribution in [-0.4, -0.2) is 15.9 Å². The van der Waals surface area contributed by atoms with E-state index in [4.69, 9.17) is 23.2 Å². The Morgan fingerprint density at radius 3 is 2.81 bits per heavy atom. The summed E-state index contributed by atoms with van der Waals surface area (Å²) in [6.45, 7) is 0. The standard InChI is InChI=1S/C9H5Cl2N3OS/c10-6-2-1-5(7(11)13-6)8(15)14-9-12-3-4-16-9/h1-4H,(H,12,14,15). The highest BCUT2D eigenvalue weighted by atomic mass is 35.5. The zero-order valence-electron chi connectivity index (χ0n) is 7.78.